The number of alkyl halides is 3. The van der Waals surface area contributed by atoms with Gasteiger partial charge in [0.15, 0.2) is 0 Å². The second kappa shape index (κ2) is 13.0. The van der Waals surface area contributed by atoms with Crippen molar-refractivity contribution in [3.05, 3.63) is 119 Å². The highest BCUT2D eigenvalue weighted by molar-refractivity contribution is 5.97. The molecule has 1 atom stereocenters. The number of aliphatic carboxylic acids is 1. The van der Waals surface area contributed by atoms with Gasteiger partial charge in [-0.2, -0.15) is 13.2 Å². The fraction of sp³-hybridized carbons (Fsp3) is 0.176. The Morgan fingerprint density at radius 2 is 1.52 bits per heavy atom. The van der Waals surface area contributed by atoms with Crippen LogP contribution in [0.15, 0.2) is 97.1 Å². The molecule has 0 aliphatic rings. The minimum atomic E-state index is -4.47. The van der Waals surface area contributed by atoms with Crippen molar-refractivity contribution in [3.63, 3.8) is 0 Å². The van der Waals surface area contributed by atoms with Gasteiger partial charge in [0, 0.05) is 17.5 Å². The van der Waals surface area contributed by atoms with Crippen molar-refractivity contribution >= 4 is 22.9 Å². The quantitative estimate of drug-likeness (QED) is 0.116. The Hall–Kier alpha value is -5.09. The van der Waals surface area contributed by atoms with Crippen molar-refractivity contribution < 1.29 is 27.9 Å². The zero-order valence-electron chi connectivity index (χ0n) is 23.5. The van der Waals surface area contributed by atoms with Crippen molar-refractivity contribution in [2.75, 3.05) is 0 Å². The monoisotopic (exact) mass is 598 g/mol. The van der Waals surface area contributed by atoms with E-state index >= 15 is 0 Å². The molecule has 0 bridgehead atoms. The van der Waals surface area contributed by atoms with Crippen LogP contribution in [0.1, 0.15) is 52.6 Å². The number of carboxylic acid groups (broad SMARTS) is 1. The fourth-order valence-corrected chi connectivity index (χ4v) is 4.87. The van der Waals surface area contributed by atoms with Gasteiger partial charge in [-0.25, -0.2) is 9.97 Å². The molecule has 1 aromatic heterocycles. The zero-order valence-corrected chi connectivity index (χ0v) is 23.5. The van der Waals surface area contributed by atoms with Crippen molar-refractivity contribution in [1.82, 2.24) is 15.3 Å². The molecule has 224 valence electrons. The predicted molar refractivity (Wildman–Crippen MR) is 161 cm³/mol. The first-order chi connectivity index (χ1) is 21.1. The number of benzene rings is 4. The van der Waals surface area contributed by atoms with Gasteiger partial charge in [0.05, 0.1) is 28.0 Å². The van der Waals surface area contributed by atoms with Crippen LogP contribution in [0, 0.1) is 0 Å². The number of fused-ring (bicyclic) bond motifs is 1. The smallest absolute Gasteiger partial charge is 0.416 e. The summed E-state index contributed by atoms with van der Waals surface area (Å²) in [6, 6.07) is 26.9. The van der Waals surface area contributed by atoms with E-state index in [1.165, 1.54) is 12.1 Å². The minimum absolute atomic E-state index is 0.0184. The molecule has 1 heterocycles. The minimum Gasteiger partial charge on any atom is -0.481 e. The number of halogens is 3. The lowest BCUT2D eigenvalue weighted by molar-refractivity contribution is -0.138. The van der Waals surface area contributed by atoms with Crippen LogP contribution in [0.25, 0.3) is 33.4 Å². The number of amides is 1. The molecule has 4 aromatic carbocycles. The molecule has 0 saturated carbocycles. The number of hydrogen-bond acceptors (Lipinski definition) is 5. The lowest BCUT2D eigenvalue weighted by atomic mass is 10.0. The third-order valence-corrected chi connectivity index (χ3v) is 7.18. The summed E-state index contributed by atoms with van der Waals surface area (Å²) in [6.07, 6.45) is -4.04. The molecule has 0 aliphatic heterocycles. The first-order valence-electron chi connectivity index (χ1n) is 14.0. The van der Waals surface area contributed by atoms with Crippen LogP contribution in [0.2, 0.25) is 0 Å². The Balaban J connectivity index is 1.41. The average molecular weight is 599 g/mol. The zero-order chi connectivity index (χ0) is 31.3. The highest BCUT2D eigenvalue weighted by Crippen LogP contribution is 2.32. The van der Waals surface area contributed by atoms with Crippen molar-refractivity contribution in [1.29, 1.82) is 0 Å². The van der Waals surface area contributed by atoms with Crippen molar-refractivity contribution in [2.45, 2.75) is 38.0 Å². The normalized spacial score (nSPS) is 12.2. The molecule has 0 aliphatic carbocycles. The molecule has 4 N–H and O–H groups in total. The second-order valence-corrected chi connectivity index (χ2v) is 10.3. The fourth-order valence-electron chi connectivity index (χ4n) is 4.87. The van der Waals surface area contributed by atoms with Crippen LogP contribution in [0.4, 0.5) is 13.2 Å². The topological polar surface area (TPSA) is 118 Å². The maximum Gasteiger partial charge on any atom is 0.416 e. The number of aryl methyl sites for hydroxylation is 1. The number of carbonyl (C=O) groups is 2. The van der Waals surface area contributed by atoms with Gasteiger partial charge in [0.1, 0.15) is 6.17 Å². The van der Waals surface area contributed by atoms with E-state index in [0.717, 1.165) is 28.8 Å². The van der Waals surface area contributed by atoms with E-state index in [-0.39, 0.29) is 6.42 Å². The van der Waals surface area contributed by atoms with E-state index in [1.807, 2.05) is 54.6 Å². The molecule has 0 unspecified atom stereocenters. The molecular formula is C34H29F3N4O3. The molecule has 1 amide bonds. The summed E-state index contributed by atoms with van der Waals surface area (Å²) in [4.78, 5) is 33.6. The number of unbranched alkanes of at least 4 members (excludes halogenated alkanes) is 1. The Morgan fingerprint density at radius 1 is 0.795 bits per heavy atom. The molecule has 5 rings (SSSR count). The van der Waals surface area contributed by atoms with E-state index in [1.54, 1.807) is 18.2 Å². The number of carboxylic acids is 1. The molecule has 44 heavy (non-hydrogen) atoms. The standard InChI is InChI=1S/C34H29F3N4O3/c35-34(36,37)26-16-13-22(14-17-26)31-28(11-4-5-12-30(42)43)39-29-20-25(15-18-27(29)40-31)33(44)41-32(38)24-10-6-9-23(19-24)21-7-2-1-3-8-21/h1-3,6-10,13-20,32H,4-5,11-12,38H2,(H,41,44)(H,42,43)/t32-/m1/s1. The number of hydrogen-bond donors (Lipinski definition) is 3. The Morgan fingerprint density at radius 3 is 2.23 bits per heavy atom. The SMILES string of the molecule is N[C@H](NC(=O)c1ccc2nc(-c3ccc(C(F)(F)F)cc3)c(CCCCC(=O)O)nc2c1)c1cccc(-c2ccccc2)c1. The Bertz CT molecular complexity index is 1790. The van der Waals surface area contributed by atoms with Gasteiger partial charge in [-0.15, -0.1) is 0 Å². The van der Waals surface area contributed by atoms with Crippen LogP contribution < -0.4 is 11.1 Å². The van der Waals surface area contributed by atoms with Crippen LogP contribution in [0.5, 0.6) is 0 Å². The molecule has 0 fully saturated rings. The highest BCUT2D eigenvalue weighted by atomic mass is 19.4. The lowest BCUT2D eigenvalue weighted by Crippen LogP contribution is -2.34. The lowest BCUT2D eigenvalue weighted by Gasteiger charge is -2.16. The third-order valence-electron chi connectivity index (χ3n) is 7.18. The molecule has 0 radical (unpaired) electrons. The number of nitrogens with one attached hydrogen (secondary N) is 1. The van der Waals surface area contributed by atoms with Crippen LogP contribution in [-0.2, 0) is 17.4 Å². The summed E-state index contributed by atoms with van der Waals surface area (Å²) < 4.78 is 39.4. The van der Waals surface area contributed by atoms with Crippen molar-refractivity contribution in [2.24, 2.45) is 5.73 Å². The molecule has 5 aromatic rings. The van der Waals surface area contributed by atoms with E-state index in [9.17, 15) is 22.8 Å². The molecule has 0 spiro atoms. The van der Waals surface area contributed by atoms with Gasteiger partial charge in [0.25, 0.3) is 5.91 Å². The van der Waals surface area contributed by atoms with E-state index < -0.39 is 29.8 Å². The molecule has 10 heteroatoms. The summed E-state index contributed by atoms with van der Waals surface area (Å²) in [7, 11) is 0. The molecule has 0 saturated heterocycles. The second-order valence-electron chi connectivity index (χ2n) is 10.3. The van der Waals surface area contributed by atoms with E-state index in [2.05, 4.69) is 10.3 Å². The highest BCUT2D eigenvalue weighted by Gasteiger charge is 2.30. The van der Waals surface area contributed by atoms with Crippen LogP contribution in [-0.4, -0.2) is 27.0 Å². The van der Waals surface area contributed by atoms with Crippen LogP contribution in [0.3, 0.4) is 0 Å². The number of carbonyl (C=O) groups excluding carboxylic acids is 1. The maximum absolute atomic E-state index is 13.2. The summed E-state index contributed by atoms with van der Waals surface area (Å²) in [5.41, 5.74) is 10.8. The maximum atomic E-state index is 13.2. The van der Waals surface area contributed by atoms with Gasteiger partial charge < -0.3 is 16.2 Å². The van der Waals surface area contributed by atoms with Gasteiger partial charge in [-0.05, 0) is 72.4 Å². The third kappa shape index (κ3) is 7.27. The molecule has 7 nitrogen and oxygen atoms in total. The number of rotatable bonds is 10. The summed E-state index contributed by atoms with van der Waals surface area (Å²) >= 11 is 0. The van der Waals surface area contributed by atoms with Gasteiger partial charge >= 0.3 is 12.1 Å². The predicted octanol–water partition coefficient (Wildman–Crippen LogP) is 7.17. The summed E-state index contributed by atoms with van der Waals surface area (Å²) in [5.74, 6) is -1.33. The van der Waals surface area contributed by atoms with Crippen LogP contribution >= 0.6 is 0 Å². The largest absolute Gasteiger partial charge is 0.481 e. The first kappa shape index (κ1) is 30.4. The summed E-state index contributed by atoms with van der Waals surface area (Å²) in [6.45, 7) is 0. The summed E-state index contributed by atoms with van der Waals surface area (Å²) in [5, 5.41) is 11.8. The number of nitrogens with zero attached hydrogens (tertiary/aromatic N) is 2. The number of nitrogens with two attached hydrogens (primary N) is 1. The average Bonchev–Trinajstić information content (AvgIpc) is 3.02. The first-order valence-corrected chi connectivity index (χ1v) is 14.0. The van der Waals surface area contributed by atoms with E-state index in [4.69, 9.17) is 15.8 Å². The molecular weight excluding hydrogens is 569 g/mol. The van der Waals surface area contributed by atoms with Gasteiger partial charge in [-0.1, -0.05) is 60.7 Å². The van der Waals surface area contributed by atoms with E-state index in [0.29, 0.717) is 52.8 Å². The number of aromatic nitrogens is 2. The Labute approximate surface area is 251 Å². The van der Waals surface area contributed by atoms with Gasteiger partial charge in [-0.3, -0.25) is 9.59 Å². The Kier molecular flexibility index (Phi) is 9.01. The van der Waals surface area contributed by atoms with Crippen molar-refractivity contribution in [3.8, 4) is 22.4 Å². The van der Waals surface area contributed by atoms with Gasteiger partial charge in [0.2, 0.25) is 0 Å².